The molecule has 2 aromatic heterocycles. The van der Waals surface area contributed by atoms with Crippen molar-refractivity contribution in [2.45, 2.75) is 20.3 Å². The number of aromatic nitrogens is 4. The van der Waals surface area contributed by atoms with Crippen LogP contribution in [0, 0.1) is 13.8 Å². The van der Waals surface area contributed by atoms with E-state index in [4.69, 9.17) is 16.3 Å². The second-order valence-electron chi connectivity index (χ2n) is 4.18. The van der Waals surface area contributed by atoms with Crippen LogP contribution in [0.2, 0.25) is 5.28 Å². The summed E-state index contributed by atoms with van der Waals surface area (Å²) in [6, 6.07) is 0. The molecule has 0 fully saturated rings. The molecule has 0 radical (unpaired) electrons. The molecule has 0 aromatic carbocycles. The first kappa shape index (κ1) is 13.9. The maximum absolute atomic E-state index is 5.90. The molecule has 2 rings (SSSR count). The number of methoxy groups -OCH3 is 1. The SMILES string of the molecule is COCCCNc1nc(Cl)nc2nc(C)c(C)nc12. The highest BCUT2D eigenvalue weighted by atomic mass is 35.5. The van der Waals surface area contributed by atoms with E-state index >= 15 is 0 Å². The molecule has 0 saturated heterocycles. The van der Waals surface area contributed by atoms with Crippen molar-refractivity contribution in [3.8, 4) is 0 Å². The summed E-state index contributed by atoms with van der Waals surface area (Å²) in [6.07, 6.45) is 0.873. The zero-order valence-electron chi connectivity index (χ0n) is 11.2. The van der Waals surface area contributed by atoms with Crippen LogP contribution in [0.15, 0.2) is 0 Å². The van der Waals surface area contributed by atoms with Crippen LogP contribution in [0.3, 0.4) is 0 Å². The lowest BCUT2D eigenvalue weighted by atomic mass is 10.3. The summed E-state index contributed by atoms with van der Waals surface area (Å²) in [7, 11) is 1.68. The fourth-order valence-corrected chi connectivity index (χ4v) is 1.80. The van der Waals surface area contributed by atoms with Crippen LogP contribution in [0.25, 0.3) is 11.2 Å². The van der Waals surface area contributed by atoms with Crippen LogP contribution in [0.4, 0.5) is 5.82 Å². The number of fused-ring (bicyclic) bond motifs is 1. The van der Waals surface area contributed by atoms with Gasteiger partial charge >= 0.3 is 0 Å². The molecule has 0 saturated carbocycles. The number of nitrogens with one attached hydrogen (secondary N) is 1. The van der Waals surface area contributed by atoms with Gasteiger partial charge in [-0.1, -0.05) is 0 Å². The molecule has 0 aliphatic carbocycles. The molecule has 6 nitrogen and oxygen atoms in total. The number of halogens is 1. The number of rotatable bonds is 5. The van der Waals surface area contributed by atoms with E-state index in [9.17, 15) is 0 Å². The zero-order chi connectivity index (χ0) is 13.8. The van der Waals surface area contributed by atoms with Gasteiger partial charge in [0.2, 0.25) is 5.28 Å². The van der Waals surface area contributed by atoms with Crippen molar-refractivity contribution >= 4 is 28.6 Å². The molecular formula is C12H16ClN5O. The highest BCUT2D eigenvalue weighted by Crippen LogP contribution is 2.20. The second kappa shape index (κ2) is 6.08. The van der Waals surface area contributed by atoms with Gasteiger partial charge in [-0.2, -0.15) is 9.97 Å². The minimum Gasteiger partial charge on any atom is -0.385 e. The van der Waals surface area contributed by atoms with Gasteiger partial charge in [0.15, 0.2) is 17.0 Å². The Kier molecular flexibility index (Phi) is 4.44. The number of anilines is 1. The number of hydrogen-bond acceptors (Lipinski definition) is 6. The molecule has 0 aliphatic rings. The minimum absolute atomic E-state index is 0.166. The van der Waals surface area contributed by atoms with Gasteiger partial charge in [-0.25, -0.2) is 9.97 Å². The second-order valence-corrected chi connectivity index (χ2v) is 4.52. The van der Waals surface area contributed by atoms with Crippen LogP contribution in [-0.2, 0) is 4.74 Å². The molecular weight excluding hydrogens is 266 g/mol. The number of hydrogen-bond donors (Lipinski definition) is 1. The Morgan fingerprint density at radius 2 is 1.84 bits per heavy atom. The minimum atomic E-state index is 0.166. The highest BCUT2D eigenvalue weighted by molar-refractivity contribution is 6.28. The summed E-state index contributed by atoms with van der Waals surface area (Å²) >= 11 is 5.90. The van der Waals surface area contributed by atoms with Crippen molar-refractivity contribution in [2.24, 2.45) is 0 Å². The number of ether oxygens (including phenoxy) is 1. The summed E-state index contributed by atoms with van der Waals surface area (Å²) < 4.78 is 5.00. The van der Waals surface area contributed by atoms with E-state index in [-0.39, 0.29) is 5.28 Å². The fourth-order valence-electron chi connectivity index (χ4n) is 1.63. The van der Waals surface area contributed by atoms with Gasteiger partial charge < -0.3 is 10.1 Å². The molecule has 19 heavy (non-hydrogen) atoms. The van der Waals surface area contributed by atoms with Gasteiger partial charge in [-0.3, -0.25) is 0 Å². The van der Waals surface area contributed by atoms with Crippen LogP contribution >= 0.6 is 11.6 Å². The molecule has 0 unspecified atom stereocenters. The molecule has 0 spiro atoms. The van der Waals surface area contributed by atoms with Crippen LogP contribution < -0.4 is 5.32 Å². The van der Waals surface area contributed by atoms with Crippen LogP contribution in [-0.4, -0.2) is 40.2 Å². The molecule has 2 heterocycles. The maximum atomic E-state index is 5.90. The Bertz CT molecular complexity index is 590. The van der Waals surface area contributed by atoms with Gasteiger partial charge in [0.05, 0.1) is 11.4 Å². The lowest BCUT2D eigenvalue weighted by Gasteiger charge is -2.09. The Labute approximate surface area is 116 Å². The predicted molar refractivity (Wildman–Crippen MR) is 74.6 cm³/mol. The third-order valence-corrected chi connectivity index (χ3v) is 2.90. The lowest BCUT2D eigenvalue weighted by Crippen LogP contribution is -2.09. The molecule has 7 heteroatoms. The fraction of sp³-hybridized carbons (Fsp3) is 0.500. The van der Waals surface area contributed by atoms with Crippen molar-refractivity contribution in [3.05, 3.63) is 16.7 Å². The molecule has 2 aromatic rings. The molecule has 102 valence electrons. The average molecular weight is 282 g/mol. The Hall–Kier alpha value is -1.53. The first-order valence-corrected chi connectivity index (χ1v) is 6.41. The summed E-state index contributed by atoms with van der Waals surface area (Å²) in [5, 5.41) is 3.36. The summed E-state index contributed by atoms with van der Waals surface area (Å²) in [4.78, 5) is 17.1. The van der Waals surface area contributed by atoms with Crippen LogP contribution in [0.1, 0.15) is 17.8 Å². The van der Waals surface area contributed by atoms with Gasteiger partial charge in [-0.05, 0) is 31.9 Å². The predicted octanol–water partition coefficient (Wildman–Crippen LogP) is 2.14. The van der Waals surface area contributed by atoms with Crippen molar-refractivity contribution in [1.29, 1.82) is 0 Å². The summed E-state index contributed by atoms with van der Waals surface area (Å²) in [5.74, 6) is 0.613. The van der Waals surface area contributed by atoms with E-state index < -0.39 is 0 Å². The first-order chi connectivity index (χ1) is 9.11. The van der Waals surface area contributed by atoms with Crippen molar-refractivity contribution < 1.29 is 4.74 Å². The Balaban J connectivity index is 2.33. The van der Waals surface area contributed by atoms with Gasteiger partial charge in [0.25, 0.3) is 0 Å². The van der Waals surface area contributed by atoms with E-state index in [0.29, 0.717) is 23.6 Å². The summed E-state index contributed by atoms with van der Waals surface area (Å²) in [6.45, 7) is 5.22. The molecule has 1 N–H and O–H groups in total. The monoisotopic (exact) mass is 281 g/mol. The van der Waals surface area contributed by atoms with Gasteiger partial charge in [0, 0.05) is 20.3 Å². The largest absolute Gasteiger partial charge is 0.385 e. The number of nitrogens with zero attached hydrogens (tertiary/aromatic N) is 4. The van der Waals surface area contributed by atoms with E-state index in [0.717, 1.165) is 24.4 Å². The lowest BCUT2D eigenvalue weighted by molar-refractivity contribution is 0.198. The normalized spacial score (nSPS) is 10.9. The molecule has 0 aliphatic heterocycles. The third kappa shape index (κ3) is 3.27. The molecule has 0 amide bonds. The quantitative estimate of drug-likeness (QED) is 0.669. The average Bonchev–Trinajstić information content (AvgIpc) is 2.36. The van der Waals surface area contributed by atoms with Gasteiger partial charge in [-0.15, -0.1) is 0 Å². The molecule has 0 atom stereocenters. The number of aryl methyl sites for hydroxylation is 2. The highest BCUT2D eigenvalue weighted by Gasteiger charge is 2.10. The topological polar surface area (TPSA) is 72.8 Å². The van der Waals surface area contributed by atoms with Crippen LogP contribution in [0.5, 0.6) is 0 Å². The van der Waals surface area contributed by atoms with E-state index in [1.165, 1.54) is 0 Å². The van der Waals surface area contributed by atoms with Crippen molar-refractivity contribution in [2.75, 3.05) is 25.6 Å². The third-order valence-electron chi connectivity index (χ3n) is 2.73. The van der Waals surface area contributed by atoms with Crippen molar-refractivity contribution in [1.82, 2.24) is 19.9 Å². The van der Waals surface area contributed by atoms with E-state index in [1.807, 2.05) is 13.8 Å². The summed E-state index contributed by atoms with van der Waals surface area (Å²) in [5.41, 5.74) is 2.85. The van der Waals surface area contributed by atoms with E-state index in [2.05, 4.69) is 25.3 Å². The first-order valence-electron chi connectivity index (χ1n) is 6.03. The standard InChI is InChI=1S/C12H16ClN5O/c1-7-8(2)16-11-9(15-7)10(17-12(13)18-11)14-5-4-6-19-3/h4-6H2,1-3H3,(H,14,16,17,18). The maximum Gasteiger partial charge on any atom is 0.226 e. The molecule has 0 bridgehead atoms. The van der Waals surface area contributed by atoms with E-state index in [1.54, 1.807) is 7.11 Å². The van der Waals surface area contributed by atoms with Crippen molar-refractivity contribution in [3.63, 3.8) is 0 Å². The Morgan fingerprint density at radius 3 is 2.58 bits per heavy atom. The smallest absolute Gasteiger partial charge is 0.226 e. The van der Waals surface area contributed by atoms with Gasteiger partial charge in [0.1, 0.15) is 0 Å². The Morgan fingerprint density at radius 1 is 1.11 bits per heavy atom. The zero-order valence-corrected chi connectivity index (χ0v) is 12.0.